The molecule has 0 aliphatic heterocycles. The number of carbonyl (C=O) groups excluding carboxylic acids is 1. The summed E-state index contributed by atoms with van der Waals surface area (Å²) in [5, 5.41) is 0.623. The van der Waals surface area contributed by atoms with Gasteiger partial charge in [0.05, 0.1) is 7.11 Å². The van der Waals surface area contributed by atoms with Crippen molar-refractivity contribution in [1.29, 1.82) is 0 Å². The zero-order valence-corrected chi connectivity index (χ0v) is 15.3. The molecule has 0 saturated heterocycles. The van der Waals surface area contributed by atoms with Gasteiger partial charge in [0.1, 0.15) is 11.9 Å². The molecule has 0 fully saturated rings. The molecule has 0 saturated carbocycles. The Morgan fingerprint density at radius 3 is 2.72 bits per heavy atom. The van der Waals surface area contributed by atoms with E-state index in [0.29, 0.717) is 15.6 Å². The molecule has 3 aromatic rings. The number of carbonyl (C=O) groups is 1. The molecule has 0 spiro atoms. The van der Waals surface area contributed by atoms with Gasteiger partial charge >= 0.3 is 5.97 Å². The molecule has 2 heterocycles. The van der Waals surface area contributed by atoms with Crippen LogP contribution in [0.4, 0.5) is 0 Å². The van der Waals surface area contributed by atoms with E-state index in [4.69, 9.17) is 21.1 Å². The smallest absolute Gasteiger partial charge is 0.351 e. The summed E-state index contributed by atoms with van der Waals surface area (Å²) in [5.74, 6) is 0.0459. The number of hydrogen-bond acceptors (Lipinski definition) is 5. The van der Waals surface area contributed by atoms with Gasteiger partial charge in [-0.15, -0.1) is 11.3 Å². The number of aromatic nitrogens is 1. The number of thiophene rings is 1. The maximum atomic E-state index is 12.1. The van der Waals surface area contributed by atoms with Gasteiger partial charge < -0.3 is 9.47 Å². The van der Waals surface area contributed by atoms with E-state index in [9.17, 15) is 4.79 Å². The van der Waals surface area contributed by atoms with Crippen LogP contribution in [0.1, 0.15) is 28.3 Å². The average Bonchev–Trinajstić information content (AvgIpc) is 3.06. The second-order valence-electron chi connectivity index (χ2n) is 5.32. The summed E-state index contributed by atoms with van der Waals surface area (Å²) in [6.07, 6.45) is 3.14. The molecule has 1 unspecified atom stereocenters. The molecular formula is C19H16ClNO3S. The first-order valence-corrected chi connectivity index (χ1v) is 8.83. The van der Waals surface area contributed by atoms with Crippen molar-refractivity contribution in [1.82, 2.24) is 4.98 Å². The number of rotatable bonds is 5. The molecule has 6 heteroatoms. The van der Waals surface area contributed by atoms with Gasteiger partial charge in [-0.25, -0.2) is 4.79 Å². The number of halogens is 1. The molecular weight excluding hydrogens is 358 g/mol. The Kier molecular flexibility index (Phi) is 5.36. The minimum absolute atomic E-state index is 0.312. The van der Waals surface area contributed by atoms with Crippen molar-refractivity contribution < 1.29 is 14.3 Å². The molecule has 0 bridgehead atoms. The van der Waals surface area contributed by atoms with Crippen molar-refractivity contribution in [2.24, 2.45) is 0 Å². The molecule has 0 amide bonds. The lowest BCUT2D eigenvalue weighted by molar-refractivity contribution is 0.0600. The van der Waals surface area contributed by atoms with E-state index in [1.54, 1.807) is 12.4 Å². The van der Waals surface area contributed by atoms with Crippen LogP contribution in [0.5, 0.6) is 5.75 Å². The molecule has 0 aliphatic rings. The van der Waals surface area contributed by atoms with Crippen molar-refractivity contribution in [3.05, 3.63) is 70.3 Å². The Bertz CT molecular complexity index is 879. The van der Waals surface area contributed by atoms with Gasteiger partial charge in [0, 0.05) is 33.4 Å². The standard InChI is InChI=1S/C19H16ClNO3S/c1-12(14-7-3-4-8-15(14)20)24-16-10-17(13-6-5-9-21-11-13)25-18(16)19(22)23-2/h3-12H,1-2H3. The van der Waals surface area contributed by atoms with E-state index in [1.807, 2.05) is 49.4 Å². The molecule has 0 aliphatic carbocycles. The molecule has 0 radical (unpaired) electrons. The highest BCUT2D eigenvalue weighted by atomic mass is 35.5. The highest BCUT2D eigenvalue weighted by molar-refractivity contribution is 7.17. The number of hydrogen-bond donors (Lipinski definition) is 0. The minimum Gasteiger partial charge on any atom is -0.484 e. The van der Waals surface area contributed by atoms with Crippen molar-refractivity contribution >= 4 is 28.9 Å². The van der Waals surface area contributed by atoms with Crippen molar-refractivity contribution in [2.45, 2.75) is 13.0 Å². The van der Waals surface area contributed by atoms with Crippen LogP contribution in [-0.2, 0) is 4.74 Å². The molecule has 128 valence electrons. The largest absolute Gasteiger partial charge is 0.484 e. The third-order valence-corrected chi connectivity index (χ3v) is 5.15. The summed E-state index contributed by atoms with van der Waals surface area (Å²) >= 11 is 7.55. The number of pyridine rings is 1. The first-order chi connectivity index (χ1) is 12.1. The molecule has 25 heavy (non-hydrogen) atoms. The highest BCUT2D eigenvalue weighted by Crippen LogP contribution is 2.39. The summed E-state index contributed by atoms with van der Waals surface area (Å²) in [6, 6.07) is 13.1. The fraction of sp³-hybridized carbons (Fsp3) is 0.158. The highest BCUT2D eigenvalue weighted by Gasteiger charge is 2.22. The van der Waals surface area contributed by atoms with E-state index < -0.39 is 5.97 Å². The fourth-order valence-electron chi connectivity index (χ4n) is 2.41. The lowest BCUT2D eigenvalue weighted by atomic mass is 10.1. The second-order valence-corrected chi connectivity index (χ2v) is 6.78. The Labute approximate surface area is 155 Å². The lowest BCUT2D eigenvalue weighted by Gasteiger charge is -2.16. The monoisotopic (exact) mass is 373 g/mol. The molecule has 4 nitrogen and oxygen atoms in total. The third kappa shape index (κ3) is 3.83. The van der Waals surface area contributed by atoms with Crippen LogP contribution in [0.2, 0.25) is 5.02 Å². The van der Waals surface area contributed by atoms with Crippen molar-refractivity contribution in [3.63, 3.8) is 0 Å². The van der Waals surface area contributed by atoms with Crippen LogP contribution in [0, 0.1) is 0 Å². The first kappa shape index (κ1) is 17.5. The number of nitrogens with zero attached hydrogens (tertiary/aromatic N) is 1. The summed E-state index contributed by atoms with van der Waals surface area (Å²) in [7, 11) is 1.35. The first-order valence-electron chi connectivity index (χ1n) is 7.63. The summed E-state index contributed by atoms with van der Waals surface area (Å²) in [4.78, 5) is 17.5. The van der Waals surface area contributed by atoms with E-state index in [2.05, 4.69) is 4.98 Å². The van der Waals surface area contributed by atoms with Crippen LogP contribution >= 0.6 is 22.9 Å². The van der Waals surface area contributed by atoms with Gasteiger partial charge in [0.25, 0.3) is 0 Å². The molecule has 0 N–H and O–H groups in total. The molecule has 1 aromatic carbocycles. The second kappa shape index (κ2) is 7.68. The third-order valence-electron chi connectivity index (χ3n) is 3.66. The van der Waals surface area contributed by atoms with Gasteiger partial charge in [0.2, 0.25) is 0 Å². The SMILES string of the molecule is COC(=O)c1sc(-c2cccnc2)cc1OC(C)c1ccccc1Cl. The zero-order valence-electron chi connectivity index (χ0n) is 13.7. The maximum Gasteiger partial charge on any atom is 0.351 e. The summed E-state index contributed by atoms with van der Waals surface area (Å²) in [5.41, 5.74) is 1.77. The van der Waals surface area contributed by atoms with Crippen LogP contribution in [0.25, 0.3) is 10.4 Å². The van der Waals surface area contributed by atoms with Gasteiger partial charge in [-0.05, 0) is 25.1 Å². The Balaban J connectivity index is 1.96. The van der Waals surface area contributed by atoms with E-state index in [1.165, 1.54) is 18.4 Å². The number of benzene rings is 1. The van der Waals surface area contributed by atoms with Crippen LogP contribution in [0.15, 0.2) is 54.9 Å². The van der Waals surface area contributed by atoms with E-state index >= 15 is 0 Å². The van der Waals surface area contributed by atoms with Crippen molar-refractivity contribution in [3.8, 4) is 16.2 Å². The number of methoxy groups -OCH3 is 1. The Morgan fingerprint density at radius 1 is 1.24 bits per heavy atom. The quantitative estimate of drug-likeness (QED) is 0.562. The predicted octanol–water partition coefficient (Wildman–Crippen LogP) is 5.39. The molecule has 1 atom stereocenters. The lowest BCUT2D eigenvalue weighted by Crippen LogP contribution is -2.07. The Hall–Kier alpha value is -2.37. The van der Waals surface area contributed by atoms with E-state index in [-0.39, 0.29) is 6.10 Å². The molecule has 3 rings (SSSR count). The summed E-state index contributed by atoms with van der Waals surface area (Å²) in [6.45, 7) is 1.89. The Morgan fingerprint density at radius 2 is 2.04 bits per heavy atom. The van der Waals surface area contributed by atoms with Gasteiger partial charge in [0.15, 0.2) is 4.88 Å². The topological polar surface area (TPSA) is 48.4 Å². The van der Waals surface area contributed by atoms with E-state index in [0.717, 1.165) is 16.0 Å². The van der Waals surface area contributed by atoms with Crippen LogP contribution < -0.4 is 4.74 Å². The maximum absolute atomic E-state index is 12.1. The minimum atomic E-state index is -0.429. The van der Waals surface area contributed by atoms with Gasteiger partial charge in [-0.3, -0.25) is 4.98 Å². The number of esters is 1. The number of ether oxygens (including phenoxy) is 2. The fourth-order valence-corrected chi connectivity index (χ4v) is 3.69. The van der Waals surface area contributed by atoms with Gasteiger partial charge in [-0.1, -0.05) is 35.9 Å². The van der Waals surface area contributed by atoms with Crippen LogP contribution in [0.3, 0.4) is 0 Å². The average molecular weight is 374 g/mol. The molecule has 2 aromatic heterocycles. The van der Waals surface area contributed by atoms with Crippen LogP contribution in [-0.4, -0.2) is 18.1 Å². The van der Waals surface area contributed by atoms with Gasteiger partial charge in [-0.2, -0.15) is 0 Å². The zero-order chi connectivity index (χ0) is 17.8. The van der Waals surface area contributed by atoms with Crippen molar-refractivity contribution in [2.75, 3.05) is 7.11 Å². The predicted molar refractivity (Wildman–Crippen MR) is 99.4 cm³/mol. The normalized spacial score (nSPS) is 11.8. The summed E-state index contributed by atoms with van der Waals surface area (Å²) < 4.78 is 10.9.